The van der Waals surface area contributed by atoms with Crippen molar-refractivity contribution in [1.82, 2.24) is 14.8 Å². The van der Waals surface area contributed by atoms with Gasteiger partial charge in [-0.3, -0.25) is 9.69 Å². The molecule has 1 aliphatic carbocycles. The molecule has 1 saturated heterocycles. The molecule has 1 aromatic heterocycles. The molecule has 0 aromatic carbocycles. The van der Waals surface area contributed by atoms with Crippen LogP contribution in [0.3, 0.4) is 0 Å². The van der Waals surface area contributed by atoms with Crippen molar-refractivity contribution in [1.29, 1.82) is 5.26 Å². The number of carbonyl (C=O) groups is 1. The van der Waals surface area contributed by atoms with Crippen molar-refractivity contribution in [3.63, 3.8) is 0 Å². The normalized spacial score (nSPS) is 21.0. The summed E-state index contributed by atoms with van der Waals surface area (Å²) >= 11 is 2.02. The maximum Gasteiger partial charge on any atom is 0.268 e. The lowest BCUT2D eigenvalue weighted by molar-refractivity contribution is 0.0811. The molecular weight excluding hydrogens is 308 g/mol. The summed E-state index contributed by atoms with van der Waals surface area (Å²) in [6.07, 6.45) is 6.55. The fraction of sp³-hybridized carbons (Fsp3) is 0.647. The van der Waals surface area contributed by atoms with Gasteiger partial charge in [-0.2, -0.15) is 17.0 Å². The zero-order chi connectivity index (χ0) is 16.3. The van der Waals surface area contributed by atoms with Crippen molar-refractivity contribution >= 4 is 17.7 Å². The van der Waals surface area contributed by atoms with E-state index in [0.717, 1.165) is 13.1 Å². The SMILES string of the molecule is Cn1cc(C#N)cc1C(=O)NCC1(N2CCSCC2)CCCC1. The molecule has 1 aliphatic heterocycles. The average molecular weight is 332 g/mol. The monoisotopic (exact) mass is 332 g/mol. The van der Waals surface area contributed by atoms with Gasteiger partial charge in [-0.15, -0.1) is 0 Å². The minimum Gasteiger partial charge on any atom is -0.349 e. The third kappa shape index (κ3) is 3.41. The van der Waals surface area contributed by atoms with E-state index >= 15 is 0 Å². The predicted molar refractivity (Wildman–Crippen MR) is 92.6 cm³/mol. The Morgan fingerprint density at radius 2 is 2.09 bits per heavy atom. The van der Waals surface area contributed by atoms with Crippen molar-refractivity contribution in [2.45, 2.75) is 31.2 Å². The van der Waals surface area contributed by atoms with Crippen LogP contribution in [0.5, 0.6) is 0 Å². The van der Waals surface area contributed by atoms with Gasteiger partial charge in [0.2, 0.25) is 0 Å². The molecule has 5 nitrogen and oxygen atoms in total. The van der Waals surface area contributed by atoms with Crippen molar-refractivity contribution in [3.8, 4) is 6.07 Å². The van der Waals surface area contributed by atoms with Crippen molar-refractivity contribution in [3.05, 3.63) is 23.5 Å². The van der Waals surface area contributed by atoms with E-state index in [0.29, 0.717) is 17.8 Å². The first-order valence-corrected chi connectivity index (χ1v) is 9.48. The van der Waals surface area contributed by atoms with E-state index in [4.69, 9.17) is 5.26 Å². The van der Waals surface area contributed by atoms with Crippen LogP contribution in [-0.2, 0) is 7.05 Å². The summed E-state index contributed by atoms with van der Waals surface area (Å²) in [4.78, 5) is 15.1. The highest BCUT2D eigenvalue weighted by Crippen LogP contribution is 2.36. The van der Waals surface area contributed by atoms with E-state index < -0.39 is 0 Å². The summed E-state index contributed by atoms with van der Waals surface area (Å²) in [5.41, 5.74) is 1.23. The topological polar surface area (TPSA) is 61.1 Å². The Morgan fingerprint density at radius 1 is 1.39 bits per heavy atom. The number of thioether (sulfide) groups is 1. The van der Waals surface area contributed by atoms with Gasteiger partial charge < -0.3 is 9.88 Å². The van der Waals surface area contributed by atoms with E-state index in [9.17, 15) is 4.79 Å². The minimum atomic E-state index is -0.0772. The Kier molecular flexibility index (Phi) is 4.98. The fourth-order valence-corrected chi connectivity index (χ4v) is 4.77. The average Bonchev–Trinajstić information content (AvgIpc) is 3.21. The van der Waals surface area contributed by atoms with Crippen LogP contribution in [0.1, 0.15) is 41.7 Å². The highest BCUT2D eigenvalue weighted by atomic mass is 32.2. The standard InChI is InChI=1S/C17H24N4OS/c1-20-12-14(11-18)10-15(20)16(22)19-13-17(4-2-3-5-17)21-6-8-23-9-7-21/h10,12H,2-9,13H2,1H3,(H,19,22). The first-order chi connectivity index (χ1) is 11.1. The maximum atomic E-state index is 12.5. The van der Waals surface area contributed by atoms with Crippen molar-refractivity contribution < 1.29 is 4.79 Å². The summed E-state index contributed by atoms with van der Waals surface area (Å²) in [6.45, 7) is 2.97. The lowest BCUT2D eigenvalue weighted by atomic mass is 9.94. The number of rotatable bonds is 4. The zero-order valence-electron chi connectivity index (χ0n) is 13.7. The van der Waals surface area contributed by atoms with E-state index in [1.807, 2.05) is 18.8 Å². The summed E-state index contributed by atoms with van der Waals surface area (Å²) in [5, 5.41) is 12.1. The van der Waals surface area contributed by atoms with E-state index in [-0.39, 0.29) is 11.4 Å². The molecule has 2 aliphatic rings. The van der Waals surface area contributed by atoms with Gasteiger partial charge >= 0.3 is 0 Å². The number of amides is 1. The number of nitriles is 1. The fourth-order valence-electron chi connectivity index (χ4n) is 3.86. The Hall–Kier alpha value is -1.45. The van der Waals surface area contributed by atoms with Crippen LogP contribution >= 0.6 is 11.8 Å². The van der Waals surface area contributed by atoms with E-state index in [2.05, 4.69) is 16.3 Å². The van der Waals surface area contributed by atoms with Crippen LogP contribution in [0.2, 0.25) is 0 Å². The summed E-state index contributed by atoms with van der Waals surface area (Å²) in [7, 11) is 1.81. The second-order valence-corrected chi connectivity index (χ2v) is 7.78. The molecule has 23 heavy (non-hydrogen) atoms. The minimum absolute atomic E-state index is 0.0772. The Morgan fingerprint density at radius 3 is 2.70 bits per heavy atom. The number of hydrogen-bond donors (Lipinski definition) is 1. The molecule has 2 fully saturated rings. The van der Waals surface area contributed by atoms with Crippen LogP contribution in [0.4, 0.5) is 0 Å². The second kappa shape index (κ2) is 6.98. The Labute approximate surface area is 142 Å². The molecule has 1 aromatic rings. The molecule has 0 bridgehead atoms. The van der Waals surface area contributed by atoms with Gasteiger partial charge in [-0.25, -0.2) is 0 Å². The van der Waals surface area contributed by atoms with Crippen LogP contribution in [0.25, 0.3) is 0 Å². The predicted octanol–water partition coefficient (Wildman–Crippen LogP) is 1.99. The second-order valence-electron chi connectivity index (χ2n) is 6.55. The summed E-state index contributed by atoms with van der Waals surface area (Å²) < 4.78 is 1.73. The van der Waals surface area contributed by atoms with Crippen LogP contribution in [-0.4, -0.2) is 52.1 Å². The number of nitrogens with zero attached hydrogens (tertiary/aromatic N) is 3. The van der Waals surface area contributed by atoms with Gasteiger partial charge in [-0.05, 0) is 18.9 Å². The molecular formula is C17H24N4OS. The van der Waals surface area contributed by atoms with Gasteiger partial charge in [0.25, 0.3) is 5.91 Å². The molecule has 1 N–H and O–H groups in total. The third-order valence-corrected chi connectivity index (χ3v) is 6.10. The molecule has 0 atom stereocenters. The molecule has 124 valence electrons. The third-order valence-electron chi connectivity index (χ3n) is 5.16. The van der Waals surface area contributed by atoms with Crippen LogP contribution in [0, 0.1) is 11.3 Å². The number of hydrogen-bond acceptors (Lipinski definition) is 4. The highest BCUT2D eigenvalue weighted by Gasteiger charge is 2.40. The summed E-state index contributed by atoms with van der Waals surface area (Å²) in [5.74, 6) is 2.31. The Bertz CT molecular complexity index is 607. The van der Waals surface area contributed by atoms with Crippen LogP contribution < -0.4 is 5.32 Å². The molecule has 0 spiro atoms. The van der Waals surface area contributed by atoms with Crippen LogP contribution in [0.15, 0.2) is 12.3 Å². The first-order valence-electron chi connectivity index (χ1n) is 8.32. The number of nitrogens with one attached hydrogen (secondary N) is 1. The molecule has 1 amide bonds. The molecule has 6 heteroatoms. The Balaban J connectivity index is 1.68. The molecule has 0 unspecified atom stereocenters. The van der Waals surface area contributed by atoms with E-state index in [1.54, 1.807) is 16.8 Å². The maximum absolute atomic E-state index is 12.5. The molecule has 2 heterocycles. The van der Waals surface area contributed by atoms with Crippen molar-refractivity contribution in [2.24, 2.45) is 7.05 Å². The highest BCUT2D eigenvalue weighted by molar-refractivity contribution is 7.99. The molecule has 0 radical (unpaired) electrons. The van der Waals surface area contributed by atoms with Gasteiger partial charge in [0, 0.05) is 49.9 Å². The lowest BCUT2D eigenvalue weighted by Crippen LogP contribution is -2.56. The quantitative estimate of drug-likeness (QED) is 0.916. The number of aromatic nitrogens is 1. The molecule has 3 rings (SSSR count). The lowest BCUT2D eigenvalue weighted by Gasteiger charge is -2.43. The largest absolute Gasteiger partial charge is 0.349 e. The first kappa shape index (κ1) is 16.4. The van der Waals surface area contributed by atoms with Gasteiger partial charge in [0.1, 0.15) is 11.8 Å². The van der Waals surface area contributed by atoms with E-state index in [1.165, 1.54) is 37.2 Å². The number of carbonyl (C=O) groups excluding carboxylic acids is 1. The summed E-state index contributed by atoms with van der Waals surface area (Å²) in [6, 6.07) is 3.75. The van der Waals surface area contributed by atoms with Gasteiger partial charge in [0.15, 0.2) is 0 Å². The smallest absolute Gasteiger partial charge is 0.268 e. The number of aryl methyl sites for hydroxylation is 1. The molecule has 1 saturated carbocycles. The zero-order valence-corrected chi connectivity index (χ0v) is 14.5. The van der Waals surface area contributed by atoms with Gasteiger partial charge in [0.05, 0.1) is 5.56 Å². The van der Waals surface area contributed by atoms with Gasteiger partial charge in [-0.1, -0.05) is 12.8 Å². The van der Waals surface area contributed by atoms with Crippen molar-refractivity contribution in [2.75, 3.05) is 31.1 Å².